The number of hydrogen-bond donors (Lipinski definition) is 1. The van der Waals surface area contributed by atoms with Crippen LogP contribution in [0.15, 0.2) is 83.8 Å². The molecule has 0 aromatic heterocycles. The fraction of sp³-hybridized carbons (Fsp3) is 0.240. The van der Waals surface area contributed by atoms with Gasteiger partial charge in [-0.15, -0.1) is 0 Å². The van der Waals surface area contributed by atoms with Crippen molar-refractivity contribution < 1.29 is 17.9 Å². The Morgan fingerprint density at radius 3 is 2.31 bits per heavy atom. The number of sulfonamides is 1. The van der Waals surface area contributed by atoms with E-state index in [4.69, 9.17) is 4.74 Å². The summed E-state index contributed by atoms with van der Waals surface area (Å²) < 4.78 is 33.4. The molecular formula is C25H28N2O4S. The lowest BCUT2D eigenvalue weighted by Crippen LogP contribution is -2.42. The summed E-state index contributed by atoms with van der Waals surface area (Å²) in [4.78, 5) is 13.1. The zero-order valence-corrected chi connectivity index (χ0v) is 19.3. The van der Waals surface area contributed by atoms with Crippen LogP contribution in [0, 0.1) is 6.92 Å². The van der Waals surface area contributed by atoms with Crippen molar-refractivity contribution in [1.29, 1.82) is 0 Å². The van der Waals surface area contributed by atoms with Crippen LogP contribution < -0.4 is 14.4 Å². The molecule has 0 bridgehead atoms. The van der Waals surface area contributed by atoms with Gasteiger partial charge in [-0.25, -0.2) is 8.42 Å². The summed E-state index contributed by atoms with van der Waals surface area (Å²) in [7, 11) is -2.47. The Labute approximate surface area is 189 Å². The fourth-order valence-corrected chi connectivity index (χ4v) is 4.81. The van der Waals surface area contributed by atoms with Crippen LogP contribution in [-0.4, -0.2) is 28.0 Å². The third kappa shape index (κ3) is 5.48. The highest BCUT2D eigenvalue weighted by molar-refractivity contribution is 7.92. The second-order valence-corrected chi connectivity index (χ2v) is 9.33. The number of methoxy groups -OCH3 is 1. The number of hydrogen-bond acceptors (Lipinski definition) is 4. The van der Waals surface area contributed by atoms with Gasteiger partial charge < -0.3 is 10.1 Å². The summed E-state index contributed by atoms with van der Waals surface area (Å²) in [5, 5.41) is 2.97. The summed E-state index contributed by atoms with van der Waals surface area (Å²) >= 11 is 0. The molecule has 0 aliphatic heterocycles. The Morgan fingerprint density at radius 2 is 1.69 bits per heavy atom. The van der Waals surface area contributed by atoms with Gasteiger partial charge in [-0.05, 0) is 43.2 Å². The van der Waals surface area contributed by atoms with Crippen LogP contribution in [0.2, 0.25) is 0 Å². The molecule has 0 saturated heterocycles. The van der Waals surface area contributed by atoms with Gasteiger partial charge in [0.2, 0.25) is 5.91 Å². The van der Waals surface area contributed by atoms with Crippen molar-refractivity contribution in [2.45, 2.75) is 31.2 Å². The number of amides is 1. The fourth-order valence-electron chi connectivity index (χ4n) is 3.39. The summed E-state index contributed by atoms with van der Waals surface area (Å²) in [6.07, 6.45) is 0.680. The Morgan fingerprint density at radius 1 is 1.00 bits per heavy atom. The molecule has 0 unspecified atom stereocenters. The molecule has 32 heavy (non-hydrogen) atoms. The second kappa shape index (κ2) is 10.3. The van der Waals surface area contributed by atoms with E-state index in [0.717, 1.165) is 15.4 Å². The summed E-state index contributed by atoms with van der Waals surface area (Å²) in [5.74, 6) is 0.113. The zero-order chi connectivity index (χ0) is 23.1. The lowest BCUT2D eigenvalue weighted by molar-refractivity contribution is -0.120. The Bertz CT molecular complexity index is 1150. The van der Waals surface area contributed by atoms with Gasteiger partial charge in [0.1, 0.15) is 12.3 Å². The van der Waals surface area contributed by atoms with Crippen molar-refractivity contribution in [1.82, 2.24) is 5.32 Å². The molecule has 3 aromatic carbocycles. The van der Waals surface area contributed by atoms with Gasteiger partial charge in [0, 0.05) is 6.07 Å². The molecule has 0 spiro atoms. The monoisotopic (exact) mass is 452 g/mol. The Kier molecular flexibility index (Phi) is 7.53. The number of benzene rings is 3. The van der Waals surface area contributed by atoms with Crippen LogP contribution in [-0.2, 0) is 14.8 Å². The number of carbonyl (C=O) groups is 1. The maximum atomic E-state index is 13.5. The number of nitrogens with one attached hydrogen (secondary N) is 1. The number of anilines is 1. The lowest BCUT2D eigenvalue weighted by atomic mass is 10.0. The van der Waals surface area contributed by atoms with E-state index in [2.05, 4.69) is 5.32 Å². The first-order valence-corrected chi connectivity index (χ1v) is 11.9. The predicted molar refractivity (Wildman–Crippen MR) is 126 cm³/mol. The van der Waals surface area contributed by atoms with E-state index in [1.807, 2.05) is 44.2 Å². The van der Waals surface area contributed by atoms with Crippen molar-refractivity contribution >= 4 is 21.6 Å². The molecule has 0 radical (unpaired) electrons. The maximum Gasteiger partial charge on any atom is 0.264 e. The highest BCUT2D eigenvalue weighted by Crippen LogP contribution is 2.27. The first kappa shape index (κ1) is 23.3. The Hall–Kier alpha value is -3.32. The number of ether oxygens (including phenoxy) is 1. The topological polar surface area (TPSA) is 75.7 Å². The van der Waals surface area contributed by atoms with Crippen molar-refractivity contribution in [2.75, 3.05) is 18.0 Å². The molecule has 0 heterocycles. The van der Waals surface area contributed by atoms with Crippen LogP contribution in [0.1, 0.15) is 30.5 Å². The minimum absolute atomic E-state index is 0.119. The molecule has 0 fully saturated rings. The predicted octanol–water partition coefficient (Wildman–Crippen LogP) is 4.47. The van der Waals surface area contributed by atoms with Gasteiger partial charge in [0.05, 0.1) is 23.7 Å². The first-order valence-electron chi connectivity index (χ1n) is 10.4. The van der Waals surface area contributed by atoms with Crippen LogP contribution in [0.4, 0.5) is 5.69 Å². The number of rotatable bonds is 9. The molecule has 1 atom stereocenters. The van der Waals surface area contributed by atoms with Crippen molar-refractivity contribution in [3.63, 3.8) is 0 Å². The van der Waals surface area contributed by atoms with Crippen LogP contribution in [0.25, 0.3) is 0 Å². The summed E-state index contributed by atoms with van der Waals surface area (Å²) in [6, 6.07) is 22.7. The average Bonchev–Trinajstić information content (AvgIpc) is 2.81. The van der Waals surface area contributed by atoms with E-state index in [1.54, 1.807) is 48.5 Å². The van der Waals surface area contributed by atoms with E-state index in [1.165, 1.54) is 7.11 Å². The van der Waals surface area contributed by atoms with Crippen LogP contribution >= 0.6 is 0 Å². The molecule has 3 rings (SSSR count). The van der Waals surface area contributed by atoms with Gasteiger partial charge in [0.15, 0.2) is 0 Å². The van der Waals surface area contributed by atoms with Gasteiger partial charge in [-0.3, -0.25) is 9.10 Å². The SMILES string of the molecule is CC[C@@H](NC(=O)CN(c1cccc(OC)c1)S(=O)(=O)c1ccc(C)cc1)c1ccccc1. The molecule has 0 aliphatic rings. The van der Waals surface area contributed by atoms with Gasteiger partial charge in [-0.1, -0.05) is 61.0 Å². The van der Waals surface area contributed by atoms with Crippen LogP contribution in [0.3, 0.4) is 0 Å². The maximum absolute atomic E-state index is 13.5. The second-order valence-electron chi connectivity index (χ2n) is 7.47. The minimum Gasteiger partial charge on any atom is -0.497 e. The van der Waals surface area contributed by atoms with E-state index in [-0.39, 0.29) is 23.4 Å². The molecule has 0 saturated carbocycles. The lowest BCUT2D eigenvalue weighted by Gasteiger charge is -2.26. The minimum atomic E-state index is -3.98. The van der Waals surface area contributed by atoms with E-state index in [9.17, 15) is 13.2 Å². The summed E-state index contributed by atoms with van der Waals surface area (Å²) in [6.45, 7) is 3.51. The summed E-state index contributed by atoms with van der Waals surface area (Å²) in [5.41, 5.74) is 2.27. The zero-order valence-electron chi connectivity index (χ0n) is 18.5. The van der Waals surface area contributed by atoms with Crippen LogP contribution in [0.5, 0.6) is 5.75 Å². The quantitative estimate of drug-likeness (QED) is 0.520. The normalized spacial score (nSPS) is 12.1. The smallest absolute Gasteiger partial charge is 0.264 e. The molecule has 0 aliphatic carbocycles. The first-order chi connectivity index (χ1) is 15.3. The molecule has 3 aromatic rings. The van der Waals surface area contributed by atoms with Crippen molar-refractivity contribution in [3.05, 3.63) is 90.0 Å². The van der Waals surface area contributed by atoms with E-state index < -0.39 is 10.0 Å². The number of nitrogens with zero attached hydrogens (tertiary/aromatic N) is 1. The van der Waals surface area contributed by atoms with E-state index in [0.29, 0.717) is 17.9 Å². The van der Waals surface area contributed by atoms with E-state index >= 15 is 0 Å². The standard InChI is InChI=1S/C25H28N2O4S/c1-4-24(20-9-6-5-7-10-20)26-25(28)18-27(21-11-8-12-22(17-21)31-3)32(29,30)23-15-13-19(2)14-16-23/h5-17,24H,4,18H2,1-3H3,(H,26,28)/t24-/m1/s1. The van der Waals surface area contributed by atoms with Crippen molar-refractivity contribution in [2.24, 2.45) is 0 Å². The number of carbonyl (C=O) groups excluding carboxylic acids is 1. The van der Waals surface area contributed by atoms with Gasteiger partial charge >= 0.3 is 0 Å². The molecule has 7 heteroatoms. The van der Waals surface area contributed by atoms with Gasteiger partial charge in [-0.2, -0.15) is 0 Å². The Balaban J connectivity index is 1.93. The average molecular weight is 453 g/mol. The van der Waals surface area contributed by atoms with Crippen molar-refractivity contribution in [3.8, 4) is 5.75 Å². The van der Waals surface area contributed by atoms with Gasteiger partial charge in [0.25, 0.3) is 10.0 Å². The molecule has 6 nitrogen and oxygen atoms in total. The highest BCUT2D eigenvalue weighted by Gasteiger charge is 2.28. The molecule has 1 N–H and O–H groups in total. The molecular weight excluding hydrogens is 424 g/mol. The number of aryl methyl sites for hydroxylation is 1. The third-order valence-corrected chi connectivity index (χ3v) is 6.97. The largest absolute Gasteiger partial charge is 0.497 e. The highest BCUT2D eigenvalue weighted by atomic mass is 32.2. The molecule has 1 amide bonds. The third-order valence-electron chi connectivity index (χ3n) is 5.18. The molecule has 168 valence electrons.